The summed E-state index contributed by atoms with van der Waals surface area (Å²) in [6.45, 7) is 0.783. The lowest BCUT2D eigenvalue weighted by Crippen LogP contribution is -2.34. The molecule has 2 amide bonds. The average Bonchev–Trinajstić information content (AvgIpc) is 2.75. The number of halogens is 1. The lowest BCUT2D eigenvalue weighted by Gasteiger charge is -2.24. The number of aromatic nitrogens is 2. The highest BCUT2D eigenvalue weighted by Crippen LogP contribution is 2.36. The normalized spacial score (nSPS) is 10.3. The molecule has 7 nitrogen and oxygen atoms in total. The zero-order chi connectivity index (χ0) is 20.6. The highest BCUT2D eigenvalue weighted by molar-refractivity contribution is 6.32. The van der Waals surface area contributed by atoms with E-state index in [1.165, 1.54) is 14.2 Å². The number of hydrogen-bond donors (Lipinski definition) is 1. The summed E-state index contributed by atoms with van der Waals surface area (Å²) in [5.41, 5.74) is 2.33. The van der Waals surface area contributed by atoms with Crippen LogP contribution in [0.2, 0.25) is 5.02 Å². The molecule has 1 aromatic carbocycles. The molecule has 2 heterocycles. The summed E-state index contributed by atoms with van der Waals surface area (Å²) < 4.78 is 10.6. The summed E-state index contributed by atoms with van der Waals surface area (Å²) in [4.78, 5) is 23.0. The Labute approximate surface area is 174 Å². The minimum absolute atomic E-state index is 0.298. The quantitative estimate of drug-likeness (QED) is 0.623. The van der Waals surface area contributed by atoms with E-state index >= 15 is 0 Å². The zero-order valence-electron chi connectivity index (χ0n) is 16.1. The van der Waals surface area contributed by atoms with Crippen LogP contribution in [-0.4, -0.2) is 35.1 Å². The number of carbonyl (C=O) groups is 1. The van der Waals surface area contributed by atoms with Crippen molar-refractivity contribution in [2.75, 3.05) is 19.5 Å². The van der Waals surface area contributed by atoms with Crippen molar-refractivity contribution in [3.05, 3.63) is 77.3 Å². The molecule has 0 bridgehead atoms. The molecule has 150 valence electrons. The molecule has 0 saturated heterocycles. The number of urea groups is 1. The standard InChI is InChI=1S/C21H21ClN4O3/c1-28-19-11-18(20(29-2)10-17(19)22)25-21(27)26(13-15-5-8-23-9-6-15)14-16-4-3-7-24-12-16/h3-12H,13-14H2,1-2H3,(H,25,27). The number of pyridine rings is 2. The molecule has 0 unspecified atom stereocenters. The minimum atomic E-state index is -0.298. The fourth-order valence-electron chi connectivity index (χ4n) is 2.77. The zero-order valence-corrected chi connectivity index (χ0v) is 16.9. The van der Waals surface area contributed by atoms with E-state index in [4.69, 9.17) is 21.1 Å². The highest BCUT2D eigenvalue weighted by Gasteiger charge is 2.18. The van der Waals surface area contributed by atoms with Crippen molar-refractivity contribution in [3.8, 4) is 11.5 Å². The lowest BCUT2D eigenvalue weighted by molar-refractivity contribution is 0.206. The summed E-state index contributed by atoms with van der Waals surface area (Å²) in [6, 6.07) is 10.4. The number of anilines is 1. The Bertz CT molecular complexity index is 913. The highest BCUT2D eigenvalue weighted by atomic mass is 35.5. The first kappa shape index (κ1) is 20.4. The van der Waals surface area contributed by atoms with Crippen LogP contribution < -0.4 is 14.8 Å². The summed E-state index contributed by atoms with van der Waals surface area (Å²) in [7, 11) is 3.02. The number of methoxy groups -OCH3 is 2. The van der Waals surface area contributed by atoms with Gasteiger partial charge in [0.25, 0.3) is 0 Å². The summed E-state index contributed by atoms with van der Waals surface area (Å²) in [6.07, 6.45) is 6.82. The molecule has 29 heavy (non-hydrogen) atoms. The predicted octanol–water partition coefficient (Wildman–Crippen LogP) is 4.38. The van der Waals surface area contributed by atoms with Gasteiger partial charge in [0.05, 0.1) is 24.9 Å². The summed E-state index contributed by atoms with van der Waals surface area (Å²) in [5.74, 6) is 0.880. The predicted molar refractivity (Wildman–Crippen MR) is 111 cm³/mol. The minimum Gasteiger partial charge on any atom is -0.495 e. The Kier molecular flexibility index (Phi) is 6.86. The molecule has 8 heteroatoms. The van der Waals surface area contributed by atoms with Gasteiger partial charge in [-0.2, -0.15) is 0 Å². The lowest BCUT2D eigenvalue weighted by atomic mass is 10.2. The Morgan fingerprint density at radius 2 is 1.72 bits per heavy atom. The molecule has 0 fully saturated rings. The molecule has 0 aliphatic rings. The van der Waals surface area contributed by atoms with Gasteiger partial charge in [0.15, 0.2) is 0 Å². The van der Waals surface area contributed by atoms with E-state index in [1.807, 2.05) is 24.3 Å². The third-order valence-electron chi connectivity index (χ3n) is 4.22. The Hall–Kier alpha value is -3.32. The van der Waals surface area contributed by atoms with Crippen molar-refractivity contribution >= 4 is 23.3 Å². The largest absolute Gasteiger partial charge is 0.495 e. The third-order valence-corrected chi connectivity index (χ3v) is 4.52. The second-order valence-electron chi connectivity index (χ2n) is 6.19. The number of hydrogen-bond acceptors (Lipinski definition) is 5. The van der Waals surface area contributed by atoms with Gasteiger partial charge in [-0.1, -0.05) is 17.7 Å². The molecule has 1 N–H and O–H groups in total. The van der Waals surface area contributed by atoms with Gasteiger partial charge in [-0.05, 0) is 29.3 Å². The molecule has 0 saturated carbocycles. The van der Waals surface area contributed by atoms with Crippen LogP contribution in [-0.2, 0) is 13.1 Å². The number of rotatable bonds is 7. The van der Waals surface area contributed by atoms with Gasteiger partial charge in [0.2, 0.25) is 0 Å². The van der Waals surface area contributed by atoms with Crippen LogP contribution >= 0.6 is 11.6 Å². The molecule has 3 aromatic rings. The maximum atomic E-state index is 13.1. The van der Waals surface area contributed by atoms with E-state index in [2.05, 4.69) is 15.3 Å². The topological polar surface area (TPSA) is 76.6 Å². The third kappa shape index (κ3) is 5.36. The Balaban J connectivity index is 1.86. The number of benzene rings is 1. The van der Waals surface area contributed by atoms with Crippen LogP contribution in [0.25, 0.3) is 0 Å². The van der Waals surface area contributed by atoms with Gasteiger partial charge in [-0.3, -0.25) is 9.97 Å². The second kappa shape index (κ2) is 9.75. The first-order chi connectivity index (χ1) is 14.1. The van der Waals surface area contributed by atoms with E-state index in [-0.39, 0.29) is 6.03 Å². The molecule has 2 aromatic heterocycles. The van der Waals surface area contributed by atoms with Crippen molar-refractivity contribution < 1.29 is 14.3 Å². The maximum Gasteiger partial charge on any atom is 0.322 e. The van der Waals surface area contributed by atoms with Crippen LogP contribution in [0.5, 0.6) is 11.5 Å². The fraction of sp³-hybridized carbons (Fsp3) is 0.190. The van der Waals surface area contributed by atoms with Crippen molar-refractivity contribution in [1.82, 2.24) is 14.9 Å². The Morgan fingerprint density at radius 1 is 1.00 bits per heavy atom. The van der Waals surface area contributed by atoms with Crippen LogP contribution in [0.4, 0.5) is 10.5 Å². The van der Waals surface area contributed by atoms with Gasteiger partial charge in [0.1, 0.15) is 11.5 Å². The molecule has 0 atom stereocenters. The van der Waals surface area contributed by atoms with Gasteiger partial charge in [0, 0.05) is 50.0 Å². The first-order valence-corrected chi connectivity index (χ1v) is 9.23. The van der Waals surface area contributed by atoms with Gasteiger partial charge in [-0.25, -0.2) is 4.79 Å². The molecule has 0 radical (unpaired) electrons. The van der Waals surface area contributed by atoms with E-state index in [0.717, 1.165) is 11.1 Å². The van der Waals surface area contributed by atoms with E-state index in [1.54, 1.807) is 41.8 Å². The number of amides is 2. The number of nitrogens with zero attached hydrogens (tertiary/aromatic N) is 3. The first-order valence-electron chi connectivity index (χ1n) is 8.86. The van der Waals surface area contributed by atoms with E-state index < -0.39 is 0 Å². The number of ether oxygens (including phenoxy) is 2. The van der Waals surface area contributed by atoms with Gasteiger partial charge < -0.3 is 19.7 Å². The number of carbonyl (C=O) groups excluding carboxylic acids is 1. The SMILES string of the molecule is COc1cc(NC(=O)N(Cc2ccncc2)Cc2cccnc2)c(OC)cc1Cl. The number of nitrogens with one attached hydrogen (secondary N) is 1. The van der Waals surface area contributed by atoms with Crippen molar-refractivity contribution in [2.24, 2.45) is 0 Å². The van der Waals surface area contributed by atoms with Crippen molar-refractivity contribution in [3.63, 3.8) is 0 Å². The molecule has 3 rings (SSSR count). The summed E-state index contributed by atoms with van der Waals surface area (Å²) in [5, 5.41) is 3.29. The van der Waals surface area contributed by atoms with Crippen LogP contribution in [0, 0.1) is 0 Å². The monoisotopic (exact) mass is 412 g/mol. The molecular formula is C21H21ClN4O3. The smallest absolute Gasteiger partial charge is 0.322 e. The van der Waals surface area contributed by atoms with Crippen LogP contribution in [0.3, 0.4) is 0 Å². The maximum absolute atomic E-state index is 13.1. The second-order valence-corrected chi connectivity index (χ2v) is 6.60. The molecule has 0 aliphatic heterocycles. The molecule has 0 spiro atoms. The molecular weight excluding hydrogens is 392 g/mol. The fourth-order valence-corrected chi connectivity index (χ4v) is 3.00. The Morgan fingerprint density at radius 3 is 2.38 bits per heavy atom. The van der Waals surface area contributed by atoms with Gasteiger partial charge in [-0.15, -0.1) is 0 Å². The van der Waals surface area contributed by atoms with Crippen LogP contribution in [0.1, 0.15) is 11.1 Å². The van der Waals surface area contributed by atoms with Gasteiger partial charge >= 0.3 is 6.03 Å². The summed E-state index contributed by atoms with van der Waals surface area (Å²) >= 11 is 6.15. The van der Waals surface area contributed by atoms with Crippen LogP contribution in [0.15, 0.2) is 61.2 Å². The van der Waals surface area contributed by atoms with E-state index in [0.29, 0.717) is 35.3 Å². The molecule has 0 aliphatic carbocycles. The van der Waals surface area contributed by atoms with Crippen molar-refractivity contribution in [2.45, 2.75) is 13.1 Å². The van der Waals surface area contributed by atoms with Crippen molar-refractivity contribution in [1.29, 1.82) is 0 Å². The van der Waals surface area contributed by atoms with E-state index in [9.17, 15) is 4.79 Å². The average molecular weight is 413 g/mol.